The van der Waals surface area contributed by atoms with E-state index in [-0.39, 0.29) is 26.3 Å². The van der Waals surface area contributed by atoms with Crippen LogP contribution in [0.3, 0.4) is 0 Å². The monoisotopic (exact) mass is 460 g/mol. The van der Waals surface area contributed by atoms with Crippen LogP contribution in [0.25, 0.3) is 11.0 Å². The van der Waals surface area contributed by atoms with Gasteiger partial charge in [0.05, 0.1) is 33.1 Å². The van der Waals surface area contributed by atoms with Crippen molar-refractivity contribution < 1.29 is 13.2 Å². The van der Waals surface area contributed by atoms with Gasteiger partial charge in [0.25, 0.3) is 15.9 Å². The molecule has 30 heavy (non-hydrogen) atoms. The number of fused-ring (bicyclic) bond motifs is 1. The molecule has 152 valence electrons. The van der Waals surface area contributed by atoms with E-state index in [1.54, 1.807) is 36.4 Å². The van der Waals surface area contributed by atoms with Gasteiger partial charge in [0.2, 0.25) is 0 Å². The molecule has 3 N–H and O–H groups in total. The molecule has 0 saturated heterocycles. The Kier molecular flexibility index (Phi) is 5.38. The summed E-state index contributed by atoms with van der Waals surface area (Å²) >= 11 is 12.2. The zero-order valence-corrected chi connectivity index (χ0v) is 17.5. The highest BCUT2D eigenvalue weighted by atomic mass is 35.5. The first kappa shape index (κ1) is 20.2. The van der Waals surface area contributed by atoms with Gasteiger partial charge >= 0.3 is 0 Å². The molecule has 0 saturated carbocycles. The fourth-order valence-corrected chi connectivity index (χ4v) is 4.66. The third kappa shape index (κ3) is 4.11. The first-order valence-corrected chi connectivity index (χ1v) is 10.9. The van der Waals surface area contributed by atoms with Crippen molar-refractivity contribution in [3.05, 3.63) is 82.6 Å². The molecule has 7 nitrogen and oxygen atoms in total. The molecule has 1 amide bonds. The zero-order chi connectivity index (χ0) is 21.3. The van der Waals surface area contributed by atoms with Crippen molar-refractivity contribution >= 4 is 61.5 Å². The number of hydrogen-bond donors (Lipinski definition) is 3. The van der Waals surface area contributed by atoms with Gasteiger partial charge in [0.15, 0.2) is 0 Å². The summed E-state index contributed by atoms with van der Waals surface area (Å²) in [5.41, 5.74) is 2.33. The molecule has 10 heteroatoms. The molecule has 0 radical (unpaired) electrons. The molecule has 0 atom stereocenters. The van der Waals surface area contributed by atoms with E-state index in [0.717, 1.165) is 5.52 Å². The van der Waals surface area contributed by atoms with Crippen molar-refractivity contribution in [2.24, 2.45) is 0 Å². The van der Waals surface area contributed by atoms with Gasteiger partial charge < -0.3 is 10.3 Å². The molecule has 0 aliphatic carbocycles. The molecule has 1 aromatic heterocycles. The zero-order valence-electron chi connectivity index (χ0n) is 15.2. The Morgan fingerprint density at radius 2 is 1.77 bits per heavy atom. The number of H-pyrrole nitrogens is 1. The van der Waals surface area contributed by atoms with Crippen molar-refractivity contribution in [1.29, 1.82) is 0 Å². The highest BCUT2D eigenvalue weighted by molar-refractivity contribution is 7.92. The Balaban J connectivity index is 1.61. The third-order valence-corrected chi connectivity index (χ3v) is 6.46. The van der Waals surface area contributed by atoms with Crippen LogP contribution in [0.15, 0.2) is 71.9 Å². The molecule has 4 rings (SSSR count). The second-order valence-electron chi connectivity index (χ2n) is 6.32. The third-order valence-electron chi connectivity index (χ3n) is 4.28. The number of benzene rings is 3. The van der Waals surface area contributed by atoms with E-state index in [4.69, 9.17) is 23.2 Å². The highest BCUT2D eigenvalue weighted by Gasteiger charge is 2.20. The first-order valence-electron chi connectivity index (χ1n) is 8.65. The molecule has 0 aliphatic rings. The molecule has 4 aromatic rings. The smallest absolute Gasteiger partial charge is 0.263 e. The topological polar surface area (TPSA) is 104 Å². The Morgan fingerprint density at radius 3 is 2.57 bits per heavy atom. The minimum Gasteiger partial charge on any atom is -0.345 e. The summed E-state index contributed by atoms with van der Waals surface area (Å²) in [5.74, 6) is -0.406. The summed E-state index contributed by atoms with van der Waals surface area (Å²) in [5, 5.41) is 2.93. The van der Waals surface area contributed by atoms with E-state index >= 15 is 0 Å². The molecule has 0 fully saturated rings. The number of para-hydroxylation sites is 1. The largest absolute Gasteiger partial charge is 0.345 e. The maximum Gasteiger partial charge on any atom is 0.263 e. The van der Waals surface area contributed by atoms with Gasteiger partial charge in [-0.25, -0.2) is 13.4 Å². The predicted octanol–water partition coefficient (Wildman–Crippen LogP) is 4.92. The van der Waals surface area contributed by atoms with Crippen LogP contribution in [-0.2, 0) is 10.0 Å². The van der Waals surface area contributed by atoms with Crippen molar-refractivity contribution in [3.8, 4) is 0 Å². The number of aromatic amines is 1. The number of hydrogen-bond acceptors (Lipinski definition) is 4. The second-order valence-corrected chi connectivity index (χ2v) is 8.78. The SMILES string of the molecule is O=C(Nc1ccc(Cl)c(S(=O)(=O)Nc2ccccc2Cl)c1)c1ccc2nc[nH]c2c1. The summed E-state index contributed by atoms with van der Waals surface area (Å²) in [7, 11) is -4.04. The van der Waals surface area contributed by atoms with E-state index in [1.807, 2.05) is 0 Å². The van der Waals surface area contributed by atoms with Crippen LogP contribution in [0, 0.1) is 0 Å². The van der Waals surface area contributed by atoms with Crippen molar-refractivity contribution in [2.75, 3.05) is 10.0 Å². The minimum absolute atomic E-state index is 0.00596. The van der Waals surface area contributed by atoms with Gasteiger partial charge in [-0.1, -0.05) is 35.3 Å². The number of nitrogens with one attached hydrogen (secondary N) is 3. The fraction of sp³-hybridized carbons (Fsp3) is 0. The van der Waals surface area contributed by atoms with E-state index in [2.05, 4.69) is 20.0 Å². The lowest BCUT2D eigenvalue weighted by Crippen LogP contribution is -2.16. The van der Waals surface area contributed by atoms with E-state index < -0.39 is 15.9 Å². The van der Waals surface area contributed by atoms with Crippen molar-refractivity contribution in [3.63, 3.8) is 0 Å². The second kappa shape index (κ2) is 7.98. The van der Waals surface area contributed by atoms with Crippen LogP contribution in [-0.4, -0.2) is 24.3 Å². The first-order chi connectivity index (χ1) is 14.3. The van der Waals surface area contributed by atoms with E-state index in [9.17, 15) is 13.2 Å². The number of rotatable bonds is 5. The number of nitrogens with zero attached hydrogens (tertiary/aromatic N) is 1. The summed E-state index contributed by atoms with van der Waals surface area (Å²) in [6.45, 7) is 0. The average molecular weight is 461 g/mol. The molecule has 1 heterocycles. The number of halogens is 2. The molecule has 0 bridgehead atoms. The molecular formula is C20H14Cl2N4O3S. The van der Waals surface area contributed by atoms with Gasteiger partial charge in [-0.2, -0.15) is 0 Å². The molecular weight excluding hydrogens is 447 g/mol. The van der Waals surface area contributed by atoms with Crippen LogP contribution in [0.4, 0.5) is 11.4 Å². The normalized spacial score (nSPS) is 11.4. The fourth-order valence-electron chi connectivity index (χ4n) is 2.81. The lowest BCUT2D eigenvalue weighted by atomic mass is 10.2. The Bertz CT molecular complexity index is 1370. The Morgan fingerprint density at radius 1 is 0.967 bits per heavy atom. The van der Waals surface area contributed by atoms with Crippen molar-refractivity contribution in [1.82, 2.24) is 9.97 Å². The molecule has 0 aliphatic heterocycles. The summed E-state index contributed by atoms with van der Waals surface area (Å²) in [4.78, 5) is 19.5. The summed E-state index contributed by atoms with van der Waals surface area (Å²) in [6.07, 6.45) is 1.54. The Labute approximate surface area is 182 Å². The Hall–Kier alpha value is -3.07. The van der Waals surface area contributed by atoms with Gasteiger partial charge in [-0.15, -0.1) is 0 Å². The number of carbonyl (C=O) groups is 1. The average Bonchev–Trinajstić information content (AvgIpc) is 3.19. The summed E-state index contributed by atoms with van der Waals surface area (Å²) in [6, 6.07) is 15.6. The van der Waals surface area contributed by atoms with Crippen LogP contribution < -0.4 is 10.0 Å². The number of aromatic nitrogens is 2. The predicted molar refractivity (Wildman–Crippen MR) is 118 cm³/mol. The van der Waals surface area contributed by atoms with Gasteiger partial charge in [-0.05, 0) is 48.5 Å². The molecule has 3 aromatic carbocycles. The van der Waals surface area contributed by atoms with Crippen LogP contribution >= 0.6 is 23.2 Å². The van der Waals surface area contributed by atoms with Gasteiger partial charge in [-0.3, -0.25) is 9.52 Å². The number of imidazole rings is 1. The number of anilines is 2. The summed E-state index contributed by atoms with van der Waals surface area (Å²) < 4.78 is 28.0. The lowest BCUT2D eigenvalue weighted by molar-refractivity contribution is 0.102. The quantitative estimate of drug-likeness (QED) is 0.392. The number of sulfonamides is 1. The standard InChI is InChI=1S/C20H14Cl2N4O3S/c21-14-3-1-2-4-16(14)26-30(28,29)19-10-13(6-7-15(19)22)25-20(27)12-5-8-17-18(9-12)24-11-23-17/h1-11,26H,(H,23,24)(H,25,27). The molecule has 0 unspecified atom stereocenters. The van der Waals surface area contributed by atoms with Crippen LogP contribution in [0.2, 0.25) is 10.0 Å². The van der Waals surface area contributed by atoms with E-state index in [1.165, 1.54) is 30.6 Å². The van der Waals surface area contributed by atoms with Gasteiger partial charge in [0.1, 0.15) is 4.90 Å². The maximum absolute atomic E-state index is 12.8. The van der Waals surface area contributed by atoms with E-state index in [0.29, 0.717) is 11.1 Å². The number of amides is 1. The number of carbonyl (C=O) groups excluding carboxylic acids is 1. The van der Waals surface area contributed by atoms with Crippen LogP contribution in [0.5, 0.6) is 0 Å². The van der Waals surface area contributed by atoms with Gasteiger partial charge in [0, 0.05) is 11.3 Å². The lowest BCUT2D eigenvalue weighted by Gasteiger charge is -2.13. The van der Waals surface area contributed by atoms with Crippen LogP contribution in [0.1, 0.15) is 10.4 Å². The molecule has 0 spiro atoms. The van der Waals surface area contributed by atoms with Crippen molar-refractivity contribution in [2.45, 2.75) is 4.90 Å². The maximum atomic E-state index is 12.8. The minimum atomic E-state index is -4.04. The highest BCUT2D eigenvalue weighted by Crippen LogP contribution is 2.29.